The fourth-order valence-electron chi connectivity index (χ4n) is 2.47. The fourth-order valence-corrected chi connectivity index (χ4v) is 3.40. The van der Waals surface area contributed by atoms with E-state index in [0.29, 0.717) is 5.56 Å². The summed E-state index contributed by atoms with van der Waals surface area (Å²) in [5, 5.41) is 19.2. The Hall–Kier alpha value is -2.26. The summed E-state index contributed by atoms with van der Waals surface area (Å²) >= 11 is 1.41. The van der Waals surface area contributed by atoms with Crippen LogP contribution in [0.25, 0.3) is 0 Å². The zero-order valence-electron chi connectivity index (χ0n) is 12.3. The quantitative estimate of drug-likeness (QED) is 0.735. The highest BCUT2D eigenvalue weighted by molar-refractivity contribution is 7.98. The first-order valence-electron chi connectivity index (χ1n) is 6.81. The molecule has 23 heavy (non-hydrogen) atoms. The lowest BCUT2D eigenvalue weighted by molar-refractivity contribution is -0.00918. The maximum atomic E-state index is 13.3. The molecule has 9 heteroatoms. The SMILES string of the molecule is CS[C@@H](n1cncn1)[C@@](O)(Cn1cncn1)c1ccc(F)cc1. The lowest BCUT2D eigenvalue weighted by Crippen LogP contribution is -2.40. The zero-order valence-corrected chi connectivity index (χ0v) is 13.1. The molecule has 3 rings (SSSR count). The van der Waals surface area contributed by atoms with Gasteiger partial charge in [-0.3, -0.25) is 0 Å². The molecule has 7 nitrogen and oxygen atoms in total. The van der Waals surface area contributed by atoms with Crippen molar-refractivity contribution < 1.29 is 9.50 Å². The van der Waals surface area contributed by atoms with Gasteiger partial charge in [-0.15, -0.1) is 11.8 Å². The second-order valence-electron chi connectivity index (χ2n) is 4.99. The predicted molar refractivity (Wildman–Crippen MR) is 82.9 cm³/mol. The van der Waals surface area contributed by atoms with Crippen molar-refractivity contribution in [3.8, 4) is 0 Å². The molecule has 0 spiro atoms. The molecule has 120 valence electrons. The first-order chi connectivity index (χ1) is 11.1. The molecule has 1 aromatic carbocycles. The molecule has 3 aromatic rings. The van der Waals surface area contributed by atoms with Crippen LogP contribution in [0.4, 0.5) is 4.39 Å². The highest BCUT2D eigenvalue weighted by Crippen LogP contribution is 2.40. The monoisotopic (exact) mass is 334 g/mol. The van der Waals surface area contributed by atoms with Crippen LogP contribution in [0.1, 0.15) is 10.9 Å². The Labute approximate surface area is 136 Å². The minimum absolute atomic E-state index is 0.143. The summed E-state index contributed by atoms with van der Waals surface area (Å²) in [6, 6.07) is 5.76. The number of aliphatic hydroxyl groups is 1. The van der Waals surface area contributed by atoms with Gasteiger partial charge >= 0.3 is 0 Å². The molecule has 2 atom stereocenters. The normalized spacial score (nSPS) is 15.3. The van der Waals surface area contributed by atoms with Gasteiger partial charge in [0.05, 0.1) is 6.54 Å². The van der Waals surface area contributed by atoms with Gasteiger partial charge in [0.2, 0.25) is 0 Å². The van der Waals surface area contributed by atoms with Crippen LogP contribution < -0.4 is 0 Å². The maximum absolute atomic E-state index is 13.3. The average Bonchev–Trinajstić information content (AvgIpc) is 3.22. The lowest BCUT2D eigenvalue weighted by Gasteiger charge is -2.35. The number of nitrogens with zero attached hydrogens (tertiary/aromatic N) is 6. The average molecular weight is 334 g/mol. The Kier molecular flexibility index (Phi) is 4.39. The molecule has 0 aliphatic rings. The molecular formula is C14H15FN6OS. The van der Waals surface area contributed by atoms with Gasteiger partial charge in [-0.2, -0.15) is 10.2 Å². The lowest BCUT2D eigenvalue weighted by atomic mass is 9.93. The Bertz CT molecular complexity index is 733. The van der Waals surface area contributed by atoms with Gasteiger partial charge in [0.15, 0.2) is 0 Å². The van der Waals surface area contributed by atoms with E-state index < -0.39 is 11.0 Å². The first kappa shape index (κ1) is 15.6. The first-order valence-corrected chi connectivity index (χ1v) is 8.10. The van der Waals surface area contributed by atoms with Crippen LogP contribution in [0.3, 0.4) is 0 Å². The summed E-state index contributed by atoms with van der Waals surface area (Å²) < 4.78 is 16.4. The summed E-state index contributed by atoms with van der Waals surface area (Å²) in [6.45, 7) is 0.143. The standard InChI is InChI=1S/C14H15FN6OS/c1-23-13(21-10-17-8-19-21)14(22,6-20-9-16-7-18-20)11-2-4-12(15)5-3-11/h2-5,7-10,13,22H,6H2,1H3/t13-,14-/m1/s1. The van der Waals surface area contributed by atoms with Crippen molar-refractivity contribution >= 4 is 11.8 Å². The van der Waals surface area contributed by atoms with E-state index in [-0.39, 0.29) is 12.4 Å². The second-order valence-corrected chi connectivity index (χ2v) is 5.91. The van der Waals surface area contributed by atoms with Crippen molar-refractivity contribution in [1.82, 2.24) is 29.5 Å². The van der Waals surface area contributed by atoms with Crippen molar-refractivity contribution in [1.29, 1.82) is 0 Å². The van der Waals surface area contributed by atoms with Gasteiger partial charge in [-0.25, -0.2) is 23.7 Å². The van der Waals surface area contributed by atoms with Crippen LogP contribution in [0, 0.1) is 5.82 Å². The number of thioether (sulfide) groups is 1. The number of benzene rings is 1. The third-order valence-corrected chi connectivity index (χ3v) is 4.57. The molecule has 0 radical (unpaired) electrons. The molecule has 2 heterocycles. The van der Waals surface area contributed by atoms with E-state index in [4.69, 9.17) is 0 Å². The van der Waals surface area contributed by atoms with E-state index in [1.165, 1.54) is 53.9 Å². The highest BCUT2D eigenvalue weighted by Gasteiger charge is 2.41. The Morgan fingerprint density at radius 1 is 1.17 bits per heavy atom. The smallest absolute Gasteiger partial charge is 0.141 e. The number of hydrogen-bond acceptors (Lipinski definition) is 6. The molecular weight excluding hydrogens is 319 g/mol. The van der Waals surface area contributed by atoms with Crippen molar-refractivity contribution in [2.24, 2.45) is 0 Å². The molecule has 0 unspecified atom stereocenters. The van der Waals surface area contributed by atoms with Crippen molar-refractivity contribution in [3.05, 3.63) is 61.0 Å². The summed E-state index contributed by atoms with van der Waals surface area (Å²) in [6.07, 6.45) is 7.73. The van der Waals surface area contributed by atoms with Crippen molar-refractivity contribution in [2.75, 3.05) is 6.26 Å². The minimum atomic E-state index is -1.38. The van der Waals surface area contributed by atoms with Crippen LogP contribution in [-0.4, -0.2) is 40.9 Å². The molecule has 0 fully saturated rings. The maximum Gasteiger partial charge on any atom is 0.141 e. The van der Waals surface area contributed by atoms with E-state index in [1.54, 1.807) is 16.8 Å². The van der Waals surface area contributed by atoms with Crippen molar-refractivity contribution in [3.63, 3.8) is 0 Å². The van der Waals surface area contributed by atoms with Gasteiger partial charge < -0.3 is 5.11 Å². The van der Waals surface area contributed by atoms with Gasteiger partial charge in [0.1, 0.15) is 42.1 Å². The molecule has 0 aliphatic heterocycles. The third kappa shape index (κ3) is 3.10. The van der Waals surface area contributed by atoms with Crippen LogP contribution in [0.15, 0.2) is 49.6 Å². The molecule has 0 aliphatic carbocycles. The van der Waals surface area contributed by atoms with E-state index in [1.807, 2.05) is 6.26 Å². The van der Waals surface area contributed by atoms with E-state index in [0.717, 1.165) is 0 Å². The van der Waals surface area contributed by atoms with Crippen molar-refractivity contribution in [2.45, 2.75) is 17.5 Å². The Morgan fingerprint density at radius 2 is 1.87 bits per heavy atom. The summed E-state index contributed by atoms with van der Waals surface area (Å²) in [5.74, 6) is -0.363. The molecule has 0 bridgehead atoms. The molecule has 0 saturated carbocycles. The fraction of sp³-hybridized carbons (Fsp3) is 0.286. The molecule has 0 saturated heterocycles. The highest BCUT2D eigenvalue weighted by atomic mass is 32.2. The van der Waals surface area contributed by atoms with E-state index in [2.05, 4.69) is 20.2 Å². The van der Waals surface area contributed by atoms with E-state index in [9.17, 15) is 9.50 Å². The number of aromatic nitrogens is 6. The van der Waals surface area contributed by atoms with Crippen LogP contribution in [0.2, 0.25) is 0 Å². The largest absolute Gasteiger partial charge is 0.380 e. The van der Waals surface area contributed by atoms with Gasteiger partial charge in [-0.1, -0.05) is 12.1 Å². The summed E-state index contributed by atoms with van der Waals surface area (Å²) in [4.78, 5) is 7.84. The van der Waals surface area contributed by atoms with Crippen LogP contribution >= 0.6 is 11.8 Å². The minimum Gasteiger partial charge on any atom is -0.380 e. The van der Waals surface area contributed by atoms with Crippen LogP contribution in [0.5, 0.6) is 0 Å². The Morgan fingerprint density at radius 3 is 2.43 bits per heavy atom. The number of halogens is 1. The summed E-state index contributed by atoms with van der Waals surface area (Å²) in [5.41, 5.74) is -0.821. The second kappa shape index (κ2) is 6.47. The van der Waals surface area contributed by atoms with Gasteiger partial charge in [0, 0.05) is 0 Å². The predicted octanol–water partition coefficient (Wildman–Crippen LogP) is 1.46. The van der Waals surface area contributed by atoms with Gasteiger partial charge in [0.25, 0.3) is 0 Å². The topological polar surface area (TPSA) is 81.6 Å². The summed E-state index contributed by atoms with van der Waals surface area (Å²) in [7, 11) is 0. The van der Waals surface area contributed by atoms with Gasteiger partial charge in [-0.05, 0) is 24.0 Å². The number of rotatable bonds is 6. The molecule has 2 aromatic heterocycles. The molecule has 1 N–H and O–H groups in total. The third-order valence-electron chi connectivity index (χ3n) is 3.52. The van der Waals surface area contributed by atoms with E-state index >= 15 is 0 Å². The Balaban J connectivity index is 2.06. The number of hydrogen-bond donors (Lipinski definition) is 1. The zero-order chi connectivity index (χ0) is 16.3. The molecule has 0 amide bonds. The van der Waals surface area contributed by atoms with Crippen LogP contribution in [-0.2, 0) is 12.1 Å².